The molecular formula is C8H18N2O2. The van der Waals surface area contributed by atoms with Crippen molar-refractivity contribution in [2.24, 2.45) is 11.7 Å². The van der Waals surface area contributed by atoms with Crippen LogP contribution in [0.4, 0.5) is 0 Å². The first kappa shape index (κ1) is 9.92. The Bertz CT molecular complexity index is 122. The van der Waals surface area contributed by atoms with E-state index in [0.29, 0.717) is 19.3 Å². The fraction of sp³-hybridized carbons (Fsp3) is 1.00. The zero-order valence-electron chi connectivity index (χ0n) is 7.58. The largest absolute Gasteiger partial charge is 0.359 e. The van der Waals surface area contributed by atoms with Crippen molar-refractivity contribution in [2.45, 2.75) is 12.5 Å². The van der Waals surface area contributed by atoms with Crippen LogP contribution in [0.2, 0.25) is 0 Å². The van der Waals surface area contributed by atoms with Crippen LogP contribution < -0.4 is 11.1 Å². The number of piperidine rings is 1. The molecule has 0 bridgehead atoms. The minimum Gasteiger partial charge on any atom is -0.359 e. The first-order valence-corrected chi connectivity index (χ1v) is 4.39. The maximum Gasteiger partial charge on any atom is 0.146 e. The van der Waals surface area contributed by atoms with Crippen LogP contribution in [-0.2, 0) is 9.47 Å². The molecule has 0 spiro atoms. The molecule has 1 heterocycles. The highest BCUT2D eigenvalue weighted by Crippen LogP contribution is 2.13. The summed E-state index contributed by atoms with van der Waals surface area (Å²) < 4.78 is 10.3. The molecule has 12 heavy (non-hydrogen) atoms. The molecule has 0 aromatic rings. The van der Waals surface area contributed by atoms with Gasteiger partial charge in [-0.15, -0.1) is 0 Å². The zero-order valence-corrected chi connectivity index (χ0v) is 7.58. The molecule has 2 atom stereocenters. The Balaban J connectivity index is 2.26. The molecule has 4 nitrogen and oxygen atoms in total. The average molecular weight is 174 g/mol. The van der Waals surface area contributed by atoms with E-state index in [1.165, 1.54) is 0 Å². The fourth-order valence-corrected chi connectivity index (χ4v) is 1.50. The van der Waals surface area contributed by atoms with Crippen molar-refractivity contribution in [1.82, 2.24) is 5.32 Å². The third-order valence-corrected chi connectivity index (χ3v) is 2.27. The Morgan fingerprint density at radius 2 is 2.42 bits per heavy atom. The van der Waals surface area contributed by atoms with E-state index in [0.717, 1.165) is 19.5 Å². The maximum absolute atomic E-state index is 5.62. The monoisotopic (exact) mass is 174 g/mol. The summed E-state index contributed by atoms with van der Waals surface area (Å²) in [5, 5.41) is 3.27. The van der Waals surface area contributed by atoms with Gasteiger partial charge in [0.2, 0.25) is 0 Å². The van der Waals surface area contributed by atoms with Gasteiger partial charge in [-0.1, -0.05) is 0 Å². The first-order valence-electron chi connectivity index (χ1n) is 4.39. The van der Waals surface area contributed by atoms with Crippen molar-refractivity contribution in [3.05, 3.63) is 0 Å². The molecule has 3 N–H and O–H groups in total. The third kappa shape index (κ3) is 2.71. The summed E-state index contributed by atoms with van der Waals surface area (Å²) >= 11 is 0. The van der Waals surface area contributed by atoms with E-state index < -0.39 is 0 Å². The van der Waals surface area contributed by atoms with Gasteiger partial charge >= 0.3 is 0 Å². The lowest BCUT2D eigenvalue weighted by Crippen LogP contribution is -2.45. The minimum atomic E-state index is 0.226. The van der Waals surface area contributed by atoms with Crippen LogP contribution in [-0.4, -0.2) is 39.6 Å². The second-order valence-electron chi connectivity index (χ2n) is 3.10. The van der Waals surface area contributed by atoms with Crippen LogP contribution in [0.25, 0.3) is 0 Å². The molecule has 1 aliphatic heterocycles. The lowest BCUT2D eigenvalue weighted by atomic mass is 9.95. The molecule has 72 valence electrons. The molecule has 1 aliphatic rings. The van der Waals surface area contributed by atoms with Crippen molar-refractivity contribution in [1.29, 1.82) is 0 Å². The summed E-state index contributed by atoms with van der Waals surface area (Å²) in [4.78, 5) is 0. The molecule has 0 amide bonds. The van der Waals surface area contributed by atoms with Crippen LogP contribution in [0.15, 0.2) is 0 Å². The van der Waals surface area contributed by atoms with Gasteiger partial charge in [0.1, 0.15) is 6.79 Å². The average Bonchev–Trinajstić information content (AvgIpc) is 2.15. The highest BCUT2D eigenvalue weighted by Gasteiger charge is 2.23. The summed E-state index contributed by atoms with van der Waals surface area (Å²) in [7, 11) is 1.63. The van der Waals surface area contributed by atoms with Gasteiger partial charge in [-0.05, 0) is 25.4 Å². The predicted octanol–water partition coefficient (Wildman–Crippen LogP) is -0.456. The molecule has 1 saturated heterocycles. The fourth-order valence-electron chi connectivity index (χ4n) is 1.50. The first-order chi connectivity index (χ1) is 5.88. The summed E-state index contributed by atoms with van der Waals surface area (Å²) in [5.41, 5.74) is 5.62. The summed E-state index contributed by atoms with van der Waals surface area (Å²) in [5.74, 6) is 0.487. The van der Waals surface area contributed by atoms with Crippen molar-refractivity contribution < 1.29 is 9.47 Å². The van der Waals surface area contributed by atoms with Gasteiger partial charge in [-0.25, -0.2) is 0 Å². The number of hydrogen-bond donors (Lipinski definition) is 2. The van der Waals surface area contributed by atoms with Crippen LogP contribution in [0.1, 0.15) is 6.42 Å². The van der Waals surface area contributed by atoms with E-state index in [1.807, 2.05) is 0 Å². The topological polar surface area (TPSA) is 56.5 Å². The zero-order chi connectivity index (χ0) is 8.81. The smallest absolute Gasteiger partial charge is 0.146 e. The standard InChI is InChI=1S/C8H18N2O2/c1-11-6-12-8-5-10-3-2-7(8)4-9/h7-8,10H,2-6,9H2,1H3/t7-,8+/m1/s1. The molecule has 0 unspecified atom stereocenters. The van der Waals surface area contributed by atoms with Gasteiger partial charge in [0.05, 0.1) is 6.10 Å². The van der Waals surface area contributed by atoms with E-state index in [2.05, 4.69) is 5.32 Å². The van der Waals surface area contributed by atoms with Crippen molar-refractivity contribution in [3.63, 3.8) is 0 Å². The van der Waals surface area contributed by atoms with Gasteiger partial charge in [0, 0.05) is 13.7 Å². The predicted molar refractivity (Wildman–Crippen MR) is 46.8 cm³/mol. The molecule has 0 radical (unpaired) electrons. The molecule has 0 aliphatic carbocycles. The van der Waals surface area contributed by atoms with Gasteiger partial charge < -0.3 is 20.5 Å². The van der Waals surface area contributed by atoms with Crippen molar-refractivity contribution in [2.75, 3.05) is 33.5 Å². The normalized spacial score (nSPS) is 30.5. The van der Waals surface area contributed by atoms with Gasteiger partial charge in [-0.2, -0.15) is 0 Å². The Labute approximate surface area is 73.4 Å². The Morgan fingerprint density at radius 1 is 1.58 bits per heavy atom. The minimum absolute atomic E-state index is 0.226. The summed E-state index contributed by atoms with van der Waals surface area (Å²) in [6.45, 7) is 3.01. The molecule has 1 fully saturated rings. The van der Waals surface area contributed by atoms with Crippen molar-refractivity contribution >= 4 is 0 Å². The quantitative estimate of drug-likeness (QED) is 0.566. The van der Waals surface area contributed by atoms with Crippen LogP contribution in [0.5, 0.6) is 0 Å². The van der Waals surface area contributed by atoms with Gasteiger partial charge in [0.25, 0.3) is 0 Å². The molecule has 1 rings (SSSR count). The number of hydrogen-bond acceptors (Lipinski definition) is 4. The summed E-state index contributed by atoms with van der Waals surface area (Å²) in [6.07, 6.45) is 1.33. The van der Waals surface area contributed by atoms with E-state index in [9.17, 15) is 0 Å². The van der Waals surface area contributed by atoms with Gasteiger partial charge in [0.15, 0.2) is 0 Å². The van der Waals surface area contributed by atoms with Crippen molar-refractivity contribution in [3.8, 4) is 0 Å². The van der Waals surface area contributed by atoms with E-state index in [1.54, 1.807) is 7.11 Å². The molecule has 4 heteroatoms. The molecule has 0 aromatic heterocycles. The number of rotatable bonds is 4. The number of ether oxygens (including phenoxy) is 2. The van der Waals surface area contributed by atoms with E-state index >= 15 is 0 Å². The molecule has 0 saturated carbocycles. The lowest BCUT2D eigenvalue weighted by Gasteiger charge is -2.30. The molecular weight excluding hydrogens is 156 g/mol. The van der Waals surface area contributed by atoms with E-state index in [4.69, 9.17) is 15.2 Å². The second-order valence-corrected chi connectivity index (χ2v) is 3.10. The Hall–Kier alpha value is -0.160. The highest BCUT2D eigenvalue weighted by atomic mass is 16.7. The number of methoxy groups -OCH3 is 1. The van der Waals surface area contributed by atoms with Crippen LogP contribution >= 0.6 is 0 Å². The Morgan fingerprint density at radius 3 is 3.08 bits per heavy atom. The summed E-state index contributed by atoms with van der Waals surface area (Å²) in [6, 6.07) is 0. The van der Waals surface area contributed by atoms with Crippen LogP contribution in [0.3, 0.4) is 0 Å². The van der Waals surface area contributed by atoms with E-state index in [-0.39, 0.29) is 6.10 Å². The Kier molecular flexibility index (Phi) is 4.53. The molecule has 0 aromatic carbocycles. The third-order valence-electron chi connectivity index (χ3n) is 2.27. The highest BCUT2D eigenvalue weighted by molar-refractivity contribution is 4.78. The lowest BCUT2D eigenvalue weighted by molar-refractivity contribution is -0.0950. The van der Waals surface area contributed by atoms with Crippen LogP contribution in [0, 0.1) is 5.92 Å². The SMILES string of the molecule is COCO[C@H]1CNCC[C@@H]1CN. The number of nitrogens with one attached hydrogen (secondary N) is 1. The maximum atomic E-state index is 5.62. The number of nitrogens with two attached hydrogens (primary N) is 1. The van der Waals surface area contributed by atoms with Gasteiger partial charge in [-0.3, -0.25) is 0 Å². The second kappa shape index (κ2) is 5.48.